The van der Waals surface area contributed by atoms with Gasteiger partial charge in [0.15, 0.2) is 0 Å². The average Bonchev–Trinajstić information content (AvgIpc) is 2.45. The van der Waals surface area contributed by atoms with Gasteiger partial charge in [0.2, 0.25) is 0 Å². The molecule has 0 aliphatic heterocycles. The number of hydrogen-bond donors (Lipinski definition) is 0. The summed E-state index contributed by atoms with van der Waals surface area (Å²) in [6.07, 6.45) is 6.50. The van der Waals surface area contributed by atoms with E-state index in [1.54, 1.807) is 0 Å². The van der Waals surface area contributed by atoms with Crippen LogP contribution in [0, 0.1) is 13.8 Å². The number of aliphatic imine (C=N–C) groups is 1. The van der Waals surface area contributed by atoms with Crippen LogP contribution in [0.15, 0.2) is 32.4 Å². The molecule has 2 rings (SSSR count). The Balaban J connectivity index is 2.21. The van der Waals surface area contributed by atoms with Crippen molar-refractivity contribution in [3.8, 4) is 0 Å². The Labute approximate surface area is 137 Å². The fourth-order valence-corrected chi connectivity index (χ4v) is 4.41. The Morgan fingerprint density at radius 1 is 1.24 bits per heavy atom. The van der Waals surface area contributed by atoms with E-state index in [9.17, 15) is 4.79 Å². The molecule has 0 saturated heterocycles. The summed E-state index contributed by atoms with van der Waals surface area (Å²) < 4.78 is 6.63. The summed E-state index contributed by atoms with van der Waals surface area (Å²) >= 11 is -0.826. The van der Waals surface area contributed by atoms with E-state index in [2.05, 4.69) is 32.0 Å². The summed E-state index contributed by atoms with van der Waals surface area (Å²) in [5.41, 5.74) is 4.73. The molecule has 0 saturated carbocycles. The van der Waals surface area contributed by atoms with Crippen molar-refractivity contribution in [1.29, 1.82) is 0 Å². The Kier molecular flexibility index (Phi) is 6.02. The summed E-state index contributed by atoms with van der Waals surface area (Å²) in [6, 6.07) is 6.23. The summed E-state index contributed by atoms with van der Waals surface area (Å²) in [6.45, 7) is 5.66. The molecule has 1 aromatic rings. The first-order valence-electron chi connectivity index (χ1n) is 7.25. The number of allylic oxidation sites excluding steroid dienone is 2. The molecule has 3 nitrogen and oxygen atoms in total. The minimum absolute atomic E-state index is 0.165. The van der Waals surface area contributed by atoms with Crippen molar-refractivity contribution in [3.05, 3.63) is 38.5 Å². The first-order chi connectivity index (χ1) is 10.1. The molecule has 4 heteroatoms. The number of rotatable bonds is 4. The van der Waals surface area contributed by atoms with Crippen molar-refractivity contribution in [1.82, 2.24) is 0 Å². The van der Waals surface area contributed by atoms with Gasteiger partial charge in [0.05, 0.1) is 0 Å². The second kappa shape index (κ2) is 7.77. The summed E-state index contributed by atoms with van der Waals surface area (Å²) in [5.74, 6) is -0.165. The number of hydrogen-bond acceptors (Lipinski definition) is 3. The average molecular weight is 399 g/mol. The summed E-state index contributed by atoms with van der Waals surface area (Å²) in [4.78, 5) is 15.7. The fourth-order valence-electron chi connectivity index (χ4n) is 2.39. The van der Waals surface area contributed by atoms with E-state index in [0.29, 0.717) is 0 Å². The van der Waals surface area contributed by atoms with Crippen molar-refractivity contribution < 1.29 is 7.90 Å². The minimum atomic E-state index is -0.826. The molecule has 1 aliphatic rings. The third-order valence-corrected chi connectivity index (χ3v) is 6.32. The molecule has 0 N–H and O–H groups in total. The van der Waals surface area contributed by atoms with Crippen LogP contribution in [0.1, 0.15) is 43.7 Å². The molecule has 112 valence electrons. The number of benzene rings is 1. The number of carbonyl (C=O) groups is 1. The van der Waals surface area contributed by atoms with Crippen LogP contribution in [0.25, 0.3) is 0 Å². The van der Waals surface area contributed by atoms with Crippen LogP contribution >= 0.6 is 0 Å². The van der Waals surface area contributed by atoms with E-state index in [4.69, 9.17) is 8.09 Å². The molecular weight excluding hydrogens is 378 g/mol. The number of carbonyl (C=O) groups excluding carboxylic acids is 1. The van der Waals surface area contributed by atoms with Gasteiger partial charge in [0.1, 0.15) is 0 Å². The molecule has 0 unspecified atom stereocenters. The zero-order valence-electron chi connectivity index (χ0n) is 12.8. The van der Waals surface area contributed by atoms with Gasteiger partial charge in [0, 0.05) is 0 Å². The SMILES string of the molecule is CC(=O)O[Te]C1=C(C=Nc2c(C)cccc2C)CCCC1. The molecule has 0 radical (unpaired) electrons. The molecule has 1 aliphatic carbocycles. The molecule has 0 bridgehead atoms. The van der Waals surface area contributed by atoms with Gasteiger partial charge in [-0.2, -0.15) is 0 Å². The van der Waals surface area contributed by atoms with Crippen molar-refractivity contribution in [2.75, 3.05) is 0 Å². The Morgan fingerprint density at radius 3 is 2.57 bits per heavy atom. The van der Waals surface area contributed by atoms with Crippen LogP contribution in [0.2, 0.25) is 0 Å². The zero-order chi connectivity index (χ0) is 15.2. The molecule has 0 atom stereocenters. The molecule has 1 aromatic carbocycles. The van der Waals surface area contributed by atoms with Gasteiger partial charge in [-0.05, 0) is 0 Å². The number of aryl methyl sites for hydroxylation is 2. The molecule has 0 fully saturated rings. The third kappa shape index (κ3) is 4.69. The second-order valence-corrected chi connectivity index (χ2v) is 7.67. The second-order valence-electron chi connectivity index (χ2n) is 5.31. The van der Waals surface area contributed by atoms with E-state index < -0.39 is 21.3 Å². The van der Waals surface area contributed by atoms with Gasteiger partial charge in [-0.1, -0.05) is 0 Å². The van der Waals surface area contributed by atoms with Crippen LogP contribution in [0.5, 0.6) is 0 Å². The quantitative estimate of drug-likeness (QED) is 0.567. The van der Waals surface area contributed by atoms with E-state index in [1.807, 2.05) is 6.21 Å². The molecular formula is C17H21NO2Te. The monoisotopic (exact) mass is 401 g/mol. The van der Waals surface area contributed by atoms with Gasteiger partial charge >= 0.3 is 137 Å². The van der Waals surface area contributed by atoms with Crippen molar-refractivity contribution in [3.63, 3.8) is 0 Å². The fraction of sp³-hybridized carbons (Fsp3) is 0.412. The zero-order valence-corrected chi connectivity index (χ0v) is 15.1. The number of nitrogens with zero attached hydrogens (tertiary/aromatic N) is 1. The van der Waals surface area contributed by atoms with E-state index in [0.717, 1.165) is 18.5 Å². The Bertz CT molecular complexity index is 570. The van der Waals surface area contributed by atoms with E-state index in [1.165, 1.54) is 40.1 Å². The molecule has 0 aromatic heterocycles. The molecule has 0 heterocycles. The molecule has 21 heavy (non-hydrogen) atoms. The van der Waals surface area contributed by atoms with Crippen LogP contribution in [0.3, 0.4) is 0 Å². The third-order valence-electron chi connectivity index (χ3n) is 3.51. The van der Waals surface area contributed by atoms with Crippen LogP contribution in [-0.2, 0) is 7.90 Å². The first kappa shape index (κ1) is 16.3. The van der Waals surface area contributed by atoms with E-state index >= 15 is 0 Å². The standard InChI is InChI=1S/C17H21NO2Te/c1-12-7-6-8-13(2)17(12)18-11-15-9-4-5-10-16(15)21-20-14(3)19/h6-8,11H,4-5,9-10H2,1-3H3. The van der Waals surface area contributed by atoms with Crippen LogP contribution in [0.4, 0.5) is 5.69 Å². The Morgan fingerprint density at radius 2 is 1.90 bits per heavy atom. The van der Waals surface area contributed by atoms with Gasteiger partial charge < -0.3 is 0 Å². The van der Waals surface area contributed by atoms with Crippen LogP contribution in [-0.4, -0.2) is 33.5 Å². The van der Waals surface area contributed by atoms with Gasteiger partial charge in [0.25, 0.3) is 0 Å². The van der Waals surface area contributed by atoms with E-state index in [-0.39, 0.29) is 5.97 Å². The summed E-state index contributed by atoms with van der Waals surface area (Å²) in [7, 11) is 0. The topological polar surface area (TPSA) is 38.7 Å². The van der Waals surface area contributed by atoms with Gasteiger partial charge in [-0.15, -0.1) is 0 Å². The molecule has 0 spiro atoms. The predicted molar refractivity (Wildman–Crippen MR) is 87.1 cm³/mol. The maximum absolute atomic E-state index is 11.0. The number of para-hydroxylation sites is 1. The normalized spacial score (nSPS) is 15.6. The Hall–Kier alpha value is -1.11. The van der Waals surface area contributed by atoms with Gasteiger partial charge in [-0.3, -0.25) is 0 Å². The first-order valence-corrected chi connectivity index (χ1v) is 9.37. The van der Waals surface area contributed by atoms with Crippen molar-refractivity contribution in [2.45, 2.75) is 46.5 Å². The van der Waals surface area contributed by atoms with Crippen LogP contribution < -0.4 is 0 Å². The van der Waals surface area contributed by atoms with Gasteiger partial charge in [-0.25, -0.2) is 0 Å². The van der Waals surface area contributed by atoms with Crippen molar-refractivity contribution >= 4 is 39.2 Å². The summed E-state index contributed by atoms with van der Waals surface area (Å²) in [5, 5.41) is 0. The predicted octanol–water partition coefficient (Wildman–Crippen LogP) is 4.02. The molecule has 0 amide bonds. The maximum atomic E-state index is 11.0. The van der Waals surface area contributed by atoms with Crippen molar-refractivity contribution in [2.24, 2.45) is 4.99 Å².